The van der Waals surface area contributed by atoms with Gasteiger partial charge >= 0.3 is 5.91 Å². The predicted molar refractivity (Wildman–Crippen MR) is 119 cm³/mol. The zero-order chi connectivity index (χ0) is 23.3. The molecule has 1 aromatic carbocycles. The molecule has 172 valence electrons. The van der Waals surface area contributed by atoms with Gasteiger partial charge in [0.2, 0.25) is 5.92 Å². The Hall–Kier alpha value is -2.13. The summed E-state index contributed by atoms with van der Waals surface area (Å²) in [5, 5.41) is 0.287. The monoisotopic (exact) mass is 463 g/mol. The molecule has 3 aliphatic rings. The van der Waals surface area contributed by atoms with Gasteiger partial charge in [-0.25, -0.2) is 8.78 Å². The maximum Gasteiger partial charge on any atom is 0.303 e. The second-order valence-electron chi connectivity index (χ2n) is 10.3. The van der Waals surface area contributed by atoms with Crippen LogP contribution in [0.15, 0.2) is 18.2 Å². The van der Waals surface area contributed by atoms with Gasteiger partial charge < -0.3 is 9.53 Å². The molecule has 2 unspecified atom stereocenters. The summed E-state index contributed by atoms with van der Waals surface area (Å²) in [4.78, 5) is 26.5. The lowest BCUT2D eigenvalue weighted by Crippen LogP contribution is -2.57. The van der Waals surface area contributed by atoms with Crippen LogP contribution >= 0.6 is 11.6 Å². The molecule has 1 spiro atoms. The summed E-state index contributed by atoms with van der Waals surface area (Å²) in [6.07, 6.45) is 9.22. The number of carbonyl (C=O) groups excluding carboxylic acids is 2. The van der Waals surface area contributed by atoms with Crippen LogP contribution in [0.2, 0.25) is 5.02 Å². The van der Waals surface area contributed by atoms with E-state index in [1.165, 1.54) is 4.90 Å². The first-order chi connectivity index (χ1) is 15.0. The number of benzene rings is 1. The third kappa shape index (κ3) is 4.12. The number of amides is 1. The molecule has 0 aromatic heterocycles. The number of anilines is 1. The molecule has 1 amide bonds. The molecular formula is C25H28ClF2NO3. The van der Waals surface area contributed by atoms with E-state index in [-0.39, 0.29) is 41.2 Å². The zero-order valence-electron chi connectivity index (χ0n) is 18.4. The quantitative estimate of drug-likeness (QED) is 0.418. The highest BCUT2D eigenvalue weighted by atomic mass is 35.5. The highest BCUT2D eigenvalue weighted by Gasteiger charge is 2.62. The fourth-order valence-electron chi connectivity index (χ4n) is 6.34. The number of rotatable bonds is 5. The number of terminal acetylenes is 1. The molecule has 0 bridgehead atoms. The topological polar surface area (TPSA) is 46.6 Å². The van der Waals surface area contributed by atoms with Crippen LogP contribution in [-0.2, 0) is 9.59 Å². The number of nitrogens with zero attached hydrogens (tertiary/aromatic N) is 1. The lowest BCUT2D eigenvalue weighted by molar-refractivity contribution is -0.214. The predicted octanol–water partition coefficient (Wildman–Crippen LogP) is 5.66. The molecule has 4 rings (SSSR count). The molecule has 3 aliphatic carbocycles. The average Bonchev–Trinajstić information content (AvgIpc) is 2.66. The van der Waals surface area contributed by atoms with E-state index in [2.05, 4.69) is 19.8 Å². The van der Waals surface area contributed by atoms with Gasteiger partial charge in [-0.15, -0.1) is 6.42 Å². The summed E-state index contributed by atoms with van der Waals surface area (Å²) >= 11 is 6.47. The number of alkyl halides is 2. The molecule has 1 aromatic rings. The zero-order valence-corrected chi connectivity index (χ0v) is 19.1. The van der Waals surface area contributed by atoms with E-state index < -0.39 is 17.4 Å². The van der Waals surface area contributed by atoms with Crippen molar-refractivity contribution < 1.29 is 23.1 Å². The van der Waals surface area contributed by atoms with Crippen LogP contribution in [0.5, 0.6) is 5.75 Å². The first kappa shape index (κ1) is 23.0. The minimum Gasteiger partial charge on any atom is -0.489 e. The lowest BCUT2D eigenvalue weighted by atomic mass is 9.53. The second-order valence-corrected chi connectivity index (χ2v) is 10.7. The molecule has 3 saturated carbocycles. The van der Waals surface area contributed by atoms with E-state index in [0.717, 1.165) is 12.7 Å². The van der Waals surface area contributed by atoms with Gasteiger partial charge in [-0.1, -0.05) is 25.4 Å². The Morgan fingerprint density at radius 1 is 1.22 bits per heavy atom. The third-order valence-electron chi connectivity index (χ3n) is 7.26. The van der Waals surface area contributed by atoms with Gasteiger partial charge in [0, 0.05) is 18.5 Å². The summed E-state index contributed by atoms with van der Waals surface area (Å²) < 4.78 is 32.4. The fourth-order valence-corrected chi connectivity index (χ4v) is 6.56. The van der Waals surface area contributed by atoms with Gasteiger partial charge in [-0.05, 0) is 73.5 Å². The summed E-state index contributed by atoms with van der Waals surface area (Å²) in [6, 6.07) is 4.92. The Morgan fingerprint density at radius 3 is 2.34 bits per heavy atom. The van der Waals surface area contributed by atoms with Crippen LogP contribution in [0.4, 0.5) is 14.5 Å². The van der Waals surface area contributed by atoms with Gasteiger partial charge in [0.15, 0.2) is 0 Å². The smallest absolute Gasteiger partial charge is 0.303 e. The van der Waals surface area contributed by atoms with Crippen molar-refractivity contribution in [2.75, 3.05) is 4.90 Å². The molecule has 0 aliphatic heterocycles. The van der Waals surface area contributed by atoms with Gasteiger partial charge in [0.25, 0.3) is 0 Å². The normalized spacial score (nSPS) is 30.5. The van der Waals surface area contributed by atoms with Crippen LogP contribution < -0.4 is 9.64 Å². The Morgan fingerprint density at radius 2 is 1.84 bits per heavy atom. The summed E-state index contributed by atoms with van der Waals surface area (Å²) in [7, 11) is 0. The maximum atomic E-state index is 13.2. The molecule has 0 N–H and O–H groups in total. The maximum absolute atomic E-state index is 13.2. The van der Waals surface area contributed by atoms with Crippen LogP contribution in [-0.4, -0.2) is 29.8 Å². The van der Waals surface area contributed by atoms with E-state index in [1.807, 2.05) is 0 Å². The van der Waals surface area contributed by atoms with E-state index in [0.29, 0.717) is 37.1 Å². The van der Waals surface area contributed by atoms with Crippen molar-refractivity contribution in [1.29, 1.82) is 0 Å². The highest BCUT2D eigenvalue weighted by molar-refractivity contribution is 6.32. The fraction of sp³-hybridized carbons (Fsp3) is 0.600. The van der Waals surface area contributed by atoms with E-state index >= 15 is 0 Å². The second kappa shape index (κ2) is 8.02. The molecule has 3 fully saturated rings. The van der Waals surface area contributed by atoms with Crippen LogP contribution in [0.3, 0.4) is 0 Å². The van der Waals surface area contributed by atoms with Gasteiger partial charge in [0.1, 0.15) is 17.6 Å². The molecule has 32 heavy (non-hydrogen) atoms. The van der Waals surface area contributed by atoms with Crippen molar-refractivity contribution >= 4 is 29.5 Å². The lowest BCUT2D eigenvalue weighted by Gasteiger charge is -2.56. The number of aldehydes is 1. The minimum absolute atomic E-state index is 0.0691. The summed E-state index contributed by atoms with van der Waals surface area (Å²) in [5.74, 6) is -0.0164. The first-order valence-corrected chi connectivity index (χ1v) is 11.5. The Labute approximate surface area is 192 Å². The van der Waals surface area contributed by atoms with Crippen molar-refractivity contribution in [2.45, 2.75) is 76.4 Å². The summed E-state index contributed by atoms with van der Waals surface area (Å²) in [5.41, 5.74) is -0.869. The van der Waals surface area contributed by atoms with Gasteiger partial charge in [-0.3, -0.25) is 9.69 Å². The van der Waals surface area contributed by atoms with Crippen LogP contribution in [0, 0.1) is 29.6 Å². The van der Waals surface area contributed by atoms with Crippen molar-refractivity contribution in [1.82, 2.24) is 0 Å². The highest BCUT2D eigenvalue weighted by Crippen LogP contribution is 2.63. The van der Waals surface area contributed by atoms with Crippen molar-refractivity contribution in [3.8, 4) is 18.1 Å². The van der Waals surface area contributed by atoms with Gasteiger partial charge in [-0.2, -0.15) is 0 Å². The van der Waals surface area contributed by atoms with Crippen LogP contribution in [0.25, 0.3) is 0 Å². The third-order valence-corrected chi connectivity index (χ3v) is 7.55. The van der Waals surface area contributed by atoms with Crippen molar-refractivity contribution in [3.05, 3.63) is 23.2 Å². The van der Waals surface area contributed by atoms with E-state index in [9.17, 15) is 18.4 Å². The van der Waals surface area contributed by atoms with Crippen molar-refractivity contribution in [2.24, 2.45) is 17.3 Å². The molecule has 0 heterocycles. The number of hydrogen-bond donors (Lipinski definition) is 0. The number of halogens is 3. The molecule has 0 radical (unpaired) electrons. The SMILES string of the molecule is C#CC(=O)N(c1ccc(OC2CC3(C2)CC(F)(F)C3)c(Cl)c1)C1(C=O)CC(C)CC(C)C1. The van der Waals surface area contributed by atoms with E-state index in [1.54, 1.807) is 18.2 Å². The Bertz CT molecular complexity index is 946. The number of ether oxygens (including phenoxy) is 1. The van der Waals surface area contributed by atoms with Crippen molar-refractivity contribution in [3.63, 3.8) is 0 Å². The largest absolute Gasteiger partial charge is 0.489 e. The first-order valence-electron chi connectivity index (χ1n) is 11.1. The molecule has 7 heteroatoms. The Kier molecular flexibility index (Phi) is 5.78. The molecule has 2 atom stereocenters. The summed E-state index contributed by atoms with van der Waals surface area (Å²) in [6.45, 7) is 4.14. The Balaban J connectivity index is 1.53. The molecule has 0 saturated heterocycles. The number of hydrogen-bond acceptors (Lipinski definition) is 3. The minimum atomic E-state index is -2.54. The van der Waals surface area contributed by atoms with Gasteiger partial charge in [0.05, 0.1) is 11.1 Å². The van der Waals surface area contributed by atoms with E-state index in [4.69, 9.17) is 22.8 Å². The molecule has 4 nitrogen and oxygen atoms in total. The average molecular weight is 464 g/mol. The molecular weight excluding hydrogens is 436 g/mol. The number of carbonyl (C=O) groups is 2. The standard InChI is InChI=1S/C25H28ClF2NO3/c1-4-22(31)29(24(15-30)9-16(2)7-17(3)10-24)18-5-6-21(20(26)8-18)32-19-11-23(12-19)13-25(27,28)14-23/h1,5-6,8,15-17,19H,7,9-14H2,2-3H3. The van der Waals surface area contributed by atoms with Crippen LogP contribution in [0.1, 0.15) is 58.8 Å².